The van der Waals surface area contributed by atoms with Gasteiger partial charge in [0.05, 0.1) is 12.5 Å². The third-order valence-corrected chi connectivity index (χ3v) is 2.63. The van der Waals surface area contributed by atoms with E-state index in [1.807, 2.05) is 13.8 Å². The highest BCUT2D eigenvalue weighted by atomic mass is 35.5. The first-order valence-electron chi connectivity index (χ1n) is 5.32. The van der Waals surface area contributed by atoms with Gasteiger partial charge in [0, 0.05) is 0 Å². The Kier molecular flexibility index (Phi) is 10.8. The number of hydrogen-bond donors (Lipinski definition) is 0. The van der Waals surface area contributed by atoms with Gasteiger partial charge in [-0.25, -0.2) is 0 Å². The number of carbonyl (C=O) groups is 1. The summed E-state index contributed by atoms with van der Waals surface area (Å²) < 4.78 is 5.20. The summed E-state index contributed by atoms with van der Waals surface area (Å²) in [6.45, 7) is 8.77. The molecule has 0 saturated carbocycles. The van der Waals surface area contributed by atoms with Gasteiger partial charge >= 0.3 is 5.97 Å². The first kappa shape index (κ1) is 16.2. The highest BCUT2D eigenvalue weighted by Crippen LogP contribution is 2.10. The molecule has 86 valence electrons. The van der Waals surface area contributed by atoms with Crippen LogP contribution in [0.25, 0.3) is 0 Å². The Morgan fingerprint density at radius 1 is 1.14 bits per heavy atom. The van der Waals surface area contributed by atoms with Gasteiger partial charge < -0.3 is 4.74 Å². The summed E-state index contributed by atoms with van der Waals surface area (Å²) in [6, 6.07) is 0. The molecule has 0 amide bonds. The van der Waals surface area contributed by atoms with Crippen molar-refractivity contribution in [1.82, 2.24) is 0 Å². The van der Waals surface area contributed by atoms with Crippen molar-refractivity contribution in [3.8, 4) is 0 Å². The third kappa shape index (κ3) is 6.25. The molecule has 1 atom stereocenters. The summed E-state index contributed by atoms with van der Waals surface area (Å²) in [5, 5.41) is 0. The Balaban J connectivity index is 0. The Bertz CT molecular complexity index is 144. The Morgan fingerprint density at radius 3 is 2.00 bits per heavy atom. The van der Waals surface area contributed by atoms with E-state index in [0.717, 1.165) is 19.3 Å². The third-order valence-electron chi connectivity index (χ3n) is 2.63. The molecule has 2 nitrogen and oxygen atoms in total. The largest absolute Gasteiger partial charge is 0.465 e. The first-order chi connectivity index (χ1) is 6.15. The summed E-state index contributed by atoms with van der Waals surface area (Å²) in [4.78, 5) is 11.3. The van der Waals surface area contributed by atoms with E-state index >= 15 is 0 Å². The van der Waals surface area contributed by atoms with E-state index in [2.05, 4.69) is 13.8 Å². The predicted molar refractivity (Wildman–Crippen MR) is 61.7 cm³/mol. The normalized spacial score (nSPS) is 12.1. The van der Waals surface area contributed by atoms with E-state index in [0.29, 0.717) is 12.5 Å². The van der Waals surface area contributed by atoms with Crippen LogP contribution in [0, 0.1) is 11.8 Å². The fourth-order valence-corrected chi connectivity index (χ4v) is 1.03. The molecule has 0 aromatic rings. The van der Waals surface area contributed by atoms with Gasteiger partial charge in [0.1, 0.15) is 0 Å². The number of esters is 1. The number of ether oxygens (including phenoxy) is 1. The van der Waals surface area contributed by atoms with E-state index in [1.165, 1.54) is 0 Å². The van der Waals surface area contributed by atoms with Crippen LogP contribution in [-0.2, 0) is 9.53 Å². The quantitative estimate of drug-likeness (QED) is 0.644. The average Bonchev–Trinajstić information content (AvgIpc) is 2.17. The molecule has 0 heterocycles. The summed E-state index contributed by atoms with van der Waals surface area (Å²) in [5.41, 5.74) is 0. The van der Waals surface area contributed by atoms with E-state index in [-0.39, 0.29) is 24.3 Å². The van der Waals surface area contributed by atoms with Gasteiger partial charge in [-0.15, -0.1) is 12.4 Å². The fourth-order valence-electron chi connectivity index (χ4n) is 1.03. The Morgan fingerprint density at radius 2 is 1.64 bits per heavy atom. The highest BCUT2D eigenvalue weighted by Gasteiger charge is 2.13. The predicted octanol–water partition coefficient (Wildman–Crippen LogP) is 3.43. The molecule has 0 aromatic heterocycles. The second-order valence-electron chi connectivity index (χ2n) is 3.62. The zero-order valence-electron chi connectivity index (χ0n) is 9.71. The second kappa shape index (κ2) is 9.32. The summed E-state index contributed by atoms with van der Waals surface area (Å²) in [6.07, 6.45) is 3.04. The molecule has 0 saturated heterocycles. The molecule has 0 aliphatic heterocycles. The maximum Gasteiger partial charge on any atom is 0.308 e. The average molecular weight is 223 g/mol. The minimum absolute atomic E-state index is 0. The lowest BCUT2D eigenvalue weighted by Crippen LogP contribution is -2.18. The zero-order chi connectivity index (χ0) is 10.3. The van der Waals surface area contributed by atoms with Crippen molar-refractivity contribution in [2.24, 2.45) is 11.8 Å². The van der Waals surface area contributed by atoms with Crippen LogP contribution in [-0.4, -0.2) is 12.6 Å². The lowest BCUT2D eigenvalue weighted by molar-refractivity contribution is -0.149. The highest BCUT2D eigenvalue weighted by molar-refractivity contribution is 5.85. The maximum atomic E-state index is 11.3. The summed E-state index contributed by atoms with van der Waals surface area (Å²) >= 11 is 0. The molecule has 0 fully saturated rings. The molecular weight excluding hydrogens is 200 g/mol. The zero-order valence-corrected chi connectivity index (χ0v) is 10.5. The van der Waals surface area contributed by atoms with Crippen LogP contribution in [0.1, 0.15) is 47.0 Å². The van der Waals surface area contributed by atoms with Crippen LogP contribution in [0.3, 0.4) is 0 Å². The maximum absolute atomic E-state index is 11.3. The van der Waals surface area contributed by atoms with Crippen LogP contribution >= 0.6 is 12.4 Å². The summed E-state index contributed by atoms with van der Waals surface area (Å²) in [7, 11) is 0. The van der Waals surface area contributed by atoms with Gasteiger partial charge in [0.2, 0.25) is 0 Å². The van der Waals surface area contributed by atoms with Crippen molar-refractivity contribution in [2.75, 3.05) is 6.61 Å². The molecule has 0 bridgehead atoms. The van der Waals surface area contributed by atoms with Crippen molar-refractivity contribution in [1.29, 1.82) is 0 Å². The van der Waals surface area contributed by atoms with Gasteiger partial charge in [-0.2, -0.15) is 0 Å². The molecule has 0 unspecified atom stereocenters. The van der Waals surface area contributed by atoms with Gasteiger partial charge in [-0.1, -0.05) is 40.5 Å². The van der Waals surface area contributed by atoms with Crippen molar-refractivity contribution in [3.05, 3.63) is 0 Å². The van der Waals surface area contributed by atoms with Gasteiger partial charge in [-0.05, 0) is 12.3 Å². The molecule has 14 heavy (non-hydrogen) atoms. The molecule has 0 spiro atoms. The molecule has 0 rings (SSSR count). The minimum atomic E-state index is -0.0469. The standard InChI is InChI=1S/C11H22O2.ClH/c1-5-9(4)11(12)13-8-10(6-2)7-3;/h9-10H,5-8H2,1-4H3;1H/t9-;/m0./s1. The van der Waals surface area contributed by atoms with Gasteiger partial charge in [-0.3, -0.25) is 4.79 Å². The van der Waals surface area contributed by atoms with Gasteiger partial charge in [0.15, 0.2) is 0 Å². The Hall–Kier alpha value is -0.240. The van der Waals surface area contributed by atoms with Crippen LogP contribution in [0.4, 0.5) is 0 Å². The molecule has 0 radical (unpaired) electrons. The van der Waals surface area contributed by atoms with Crippen LogP contribution in [0.2, 0.25) is 0 Å². The summed E-state index contributed by atoms with van der Waals surface area (Å²) in [5.74, 6) is 0.539. The molecule has 0 aliphatic carbocycles. The number of carbonyl (C=O) groups excluding carboxylic acids is 1. The number of halogens is 1. The van der Waals surface area contributed by atoms with E-state index in [4.69, 9.17) is 4.74 Å². The smallest absolute Gasteiger partial charge is 0.308 e. The lowest BCUT2D eigenvalue weighted by Gasteiger charge is -2.14. The van der Waals surface area contributed by atoms with E-state index < -0.39 is 0 Å². The number of rotatable bonds is 6. The second-order valence-corrected chi connectivity index (χ2v) is 3.62. The van der Waals surface area contributed by atoms with E-state index in [9.17, 15) is 4.79 Å². The van der Waals surface area contributed by atoms with Crippen molar-refractivity contribution >= 4 is 18.4 Å². The van der Waals surface area contributed by atoms with Crippen LogP contribution in [0.5, 0.6) is 0 Å². The monoisotopic (exact) mass is 222 g/mol. The SMILES string of the molecule is CCC(CC)COC(=O)[C@@H](C)CC.Cl. The Labute approximate surface area is 93.8 Å². The van der Waals surface area contributed by atoms with Crippen molar-refractivity contribution < 1.29 is 9.53 Å². The van der Waals surface area contributed by atoms with Crippen molar-refractivity contribution in [2.45, 2.75) is 47.0 Å². The molecule has 0 aromatic carbocycles. The van der Waals surface area contributed by atoms with Crippen molar-refractivity contribution in [3.63, 3.8) is 0 Å². The molecule has 3 heteroatoms. The minimum Gasteiger partial charge on any atom is -0.465 e. The van der Waals surface area contributed by atoms with Gasteiger partial charge in [0.25, 0.3) is 0 Å². The van der Waals surface area contributed by atoms with E-state index in [1.54, 1.807) is 0 Å². The van der Waals surface area contributed by atoms with Crippen LogP contribution < -0.4 is 0 Å². The molecule has 0 aliphatic rings. The lowest BCUT2D eigenvalue weighted by atomic mass is 10.1. The topological polar surface area (TPSA) is 26.3 Å². The molecule has 0 N–H and O–H groups in total. The first-order valence-corrected chi connectivity index (χ1v) is 5.32. The number of hydrogen-bond acceptors (Lipinski definition) is 2. The fraction of sp³-hybridized carbons (Fsp3) is 0.909. The molecular formula is C11H23ClO2. The van der Waals surface area contributed by atoms with Crippen LogP contribution in [0.15, 0.2) is 0 Å².